The summed E-state index contributed by atoms with van der Waals surface area (Å²) in [4.78, 5) is 20.5. The number of carbonyl (C=O) groups is 1. The van der Waals surface area contributed by atoms with Gasteiger partial charge >= 0.3 is 5.97 Å². The molecule has 0 aromatic heterocycles. The third kappa shape index (κ3) is 5.48. The van der Waals surface area contributed by atoms with Gasteiger partial charge in [0.05, 0.1) is 12.0 Å². The van der Waals surface area contributed by atoms with Crippen molar-refractivity contribution >= 4 is 5.97 Å². The molecule has 88 valence electrons. The number of hydrogen-bond acceptors (Lipinski definition) is 4. The van der Waals surface area contributed by atoms with E-state index in [2.05, 4.69) is 9.93 Å². The van der Waals surface area contributed by atoms with E-state index in [1.165, 1.54) is 0 Å². The van der Waals surface area contributed by atoms with Crippen molar-refractivity contribution in [2.45, 2.75) is 32.8 Å². The summed E-state index contributed by atoms with van der Waals surface area (Å²) in [5.41, 5.74) is 0.361. The van der Waals surface area contributed by atoms with Gasteiger partial charge in [-0.1, -0.05) is 30.3 Å². The van der Waals surface area contributed by atoms with E-state index in [9.17, 15) is 4.79 Å². The van der Waals surface area contributed by atoms with Gasteiger partial charge in [-0.05, 0) is 31.4 Å². The van der Waals surface area contributed by atoms with Crippen LogP contribution >= 0.6 is 0 Å². The van der Waals surface area contributed by atoms with Crippen molar-refractivity contribution in [1.82, 2.24) is 0 Å². The average Bonchev–Trinajstić information content (AvgIpc) is 2.17. The number of rotatable bonds is 4. The van der Waals surface area contributed by atoms with Crippen LogP contribution in [0.25, 0.3) is 0 Å². The lowest BCUT2D eigenvalue weighted by molar-refractivity contribution is -0.514. The van der Waals surface area contributed by atoms with Gasteiger partial charge in [0, 0.05) is 0 Å². The van der Waals surface area contributed by atoms with Crippen molar-refractivity contribution < 1.29 is 19.6 Å². The molecule has 0 atom stereocenters. The summed E-state index contributed by atoms with van der Waals surface area (Å²) in [7, 11) is 0. The zero-order valence-electron chi connectivity index (χ0n) is 9.73. The van der Waals surface area contributed by atoms with Crippen LogP contribution < -0.4 is 0 Å². The molecule has 16 heavy (non-hydrogen) atoms. The molecule has 1 rings (SSSR count). The molecule has 0 aliphatic rings. The second kappa shape index (κ2) is 5.63. The Hall–Kier alpha value is -1.39. The zero-order valence-corrected chi connectivity index (χ0v) is 9.73. The number of carbonyl (C=O) groups excluding carboxylic acids is 1. The lowest BCUT2D eigenvalue weighted by atomic mass is 10.2. The number of benzene rings is 1. The third-order valence-corrected chi connectivity index (χ3v) is 1.60. The van der Waals surface area contributed by atoms with E-state index in [0.29, 0.717) is 0 Å². The first-order valence-corrected chi connectivity index (χ1v) is 5.06. The monoisotopic (exact) mass is 224 g/mol. The van der Waals surface area contributed by atoms with Crippen LogP contribution in [0.3, 0.4) is 0 Å². The largest absolute Gasteiger partial charge is 0.349 e. The maximum absolute atomic E-state index is 11.3. The molecular formula is C12H16O4. The van der Waals surface area contributed by atoms with Crippen molar-refractivity contribution in [3.05, 3.63) is 35.9 Å². The predicted molar refractivity (Wildman–Crippen MR) is 58.2 cm³/mol. The van der Waals surface area contributed by atoms with E-state index in [0.717, 1.165) is 5.56 Å². The van der Waals surface area contributed by atoms with E-state index in [1.807, 2.05) is 30.3 Å². The molecule has 0 aliphatic heterocycles. The van der Waals surface area contributed by atoms with Crippen LogP contribution in [-0.4, -0.2) is 11.6 Å². The van der Waals surface area contributed by atoms with E-state index < -0.39 is 11.6 Å². The highest BCUT2D eigenvalue weighted by Crippen LogP contribution is 2.08. The van der Waals surface area contributed by atoms with Crippen LogP contribution in [0.15, 0.2) is 30.3 Å². The number of hydrogen-bond donors (Lipinski definition) is 0. The molecule has 0 N–H and O–H groups in total. The highest BCUT2D eigenvalue weighted by Gasteiger charge is 2.14. The van der Waals surface area contributed by atoms with E-state index in [1.54, 1.807) is 20.8 Å². The Labute approximate surface area is 95.0 Å². The fourth-order valence-corrected chi connectivity index (χ4v) is 0.949. The SMILES string of the molecule is CC(C)(C)OOOC(=O)Cc1ccccc1. The molecule has 0 heterocycles. The summed E-state index contributed by atoms with van der Waals surface area (Å²) in [5.74, 6) is -0.490. The first kappa shape index (κ1) is 12.7. The van der Waals surface area contributed by atoms with Gasteiger partial charge in [-0.15, -0.1) is 0 Å². The lowest BCUT2D eigenvalue weighted by Crippen LogP contribution is -2.21. The second-order valence-corrected chi connectivity index (χ2v) is 4.38. The van der Waals surface area contributed by atoms with Crippen LogP contribution in [0.2, 0.25) is 0 Å². The molecule has 4 nitrogen and oxygen atoms in total. The first-order valence-electron chi connectivity index (χ1n) is 5.06. The van der Waals surface area contributed by atoms with Crippen LogP contribution in [0.5, 0.6) is 0 Å². The molecule has 0 unspecified atom stereocenters. The van der Waals surface area contributed by atoms with Gasteiger partial charge in [-0.25, -0.2) is 4.79 Å². The van der Waals surface area contributed by atoms with Gasteiger partial charge in [0.1, 0.15) is 0 Å². The minimum Gasteiger partial charge on any atom is -0.268 e. The predicted octanol–water partition coefficient (Wildman–Crippen LogP) is 2.43. The van der Waals surface area contributed by atoms with Crippen LogP contribution in [0.4, 0.5) is 0 Å². The minimum absolute atomic E-state index is 0.161. The van der Waals surface area contributed by atoms with Gasteiger partial charge in [0.2, 0.25) is 0 Å². The van der Waals surface area contributed by atoms with Crippen molar-refractivity contribution in [2.75, 3.05) is 0 Å². The summed E-state index contributed by atoms with van der Waals surface area (Å²) < 4.78 is 0. The Morgan fingerprint density at radius 3 is 2.38 bits per heavy atom. The van der Waals surface area contributed by atoms with Crippen molar-refractivity contribution in [3.8, 4) is 0 Å². The lowest BCUT2D eigenvalue weighted by Gasteiger charge is -2.15. The highest BCUT2D eigenvalue weighted by atomic mass is 17.5. The zero-order chi connectivity index (χ0) is 12.0. The fraction of sp³-hybridized carbons (Fsp3) is 0.417. The molecule has 0 amide bonds. The highest BCUT2D eigenvalue weighted by molar-refractivity contribution is 5.71. The van der Waals surface area contributed by atoms with Crippen molar-refractivity contribution in [2.24, 2.45) is 0 Å². The molecule has 0 saturated carbocycles. The molecule has 0 saturated heterocycles. The molecular weight excluding hydrogens is 208 g/mol. The Balaban J connectivity index is 2.27. The minimum atomic E-state index is -0.507. The van der Waals surface area contributed by atoms with Gasteiger partial charge < -0.3 is 0 Å². The molecule has 0 bridgehead atoms. The molecule has 1 aromatic rings. The van der Waals surface area contributed by atoms with Gasteiger partial charge in [0.15, 0.2) is 0 Å². The standard InChI is InChI=1S/C12H16O4/c1-12(2,3)15-16-14-11(13)9-10-7-5-4-6-8-10/h4-8H,9H2,1-3H3. The van der Waals surface area contributed by atoms with Gasteiger partial charge in [0.25, 0.3) is 0 Å². The molecule has 0 spiro atoms. The van der Waals surface area contributed by atoms with Crippen LogP contribution in [-0.2, 0) is 26.0 Å². The Morgan fingerprint density at radius 2 is 1.81 bits per heavy atom. The second-order valence-electron chi connectivity index (χ2n) is 4.38. The first-order chi connectivity index (χ1) is 7.47. The molecule has 0 fully saturated rings. The van der Waals surface area contributed by atoms with E-state index in [4.69, 9.17) is 4.89 Å². The summed E-state index contributed by atoms with van der Waals surface area (Å²) >= 11 is 0. The fourth-order valence-electron chi connectivity index (χ4n) is 0.949. The smallest absolute Gasteiger partial charge is 0.268 e. The summed E-state index contributed by atoms with van der Waals surface area (Å²) in [5, 5.41) is 4.38. The van der Waals surface area contributed by atoms with Crippen molar-refractivity contribution in [3.63, 3.8) is 0 Å². The van der Waals surface area contributed by atoms with E-state index >= 15 is 0 Å². The van der Waals surface area contributed by atoms with Crippen LogP contribution in [0.1, 0.15) is 26.3 Å². The molecule has 4 heteroatoms. The van der Waals surface area contributed by atoms with Crippen molar-refractivity contribution in [1.29, 1.82) is 0 Å². The average molecular weight is 224 g/mol. The maximum Gasteiger partial charge on any atom is 0.349 e. The Kier molecular flexibility index (Phi) is 4.46. The quantitative estimate of drug-likeness (QED) is 0.582. The Morgan fingerprint density at radius 1 is 1.19 bits per heavy atom. The third-order valence-electron chi connectivity index (χ3n) is 1.60. The van der Waals surface area contributed by atoms with Gasteiger partial charge in [-0.3, -0.25) is 4.89 Å². The summed E-state index contributed by atoms with van der Waals surface area (Å²) in [6, 6.07) is 9.27. The molecule has 1 aromatic carbocycles. The summed E-state index contributed by atoms with van der Waals surface area (Å²) in [6.45, 7) is 5.37. The molecule has 0 aliphatic carbocycles. The van der Waals surface area contributed by atoms with Crippen LogP contribution in [0, 0.1) is 0 Å². The summed E-state index contributed by atoms with van der Waals surface area (Å²) in [6.07, 6.45) is 0.161. The maximum atomic E-state index is 11.3. The van der Waals surface area contributed by atoms with E-state index in [-0.39, 0.29) is 6.42 Å². The topological polar surface area (TPSA) is 44.8 Å². The normalized spacial score (nSPS) is 11.2. The molecule has 0 radical (unpaired) electrons. The Bertz CT molecular complexity index is 327. The van der Waals surface area contributed by atoms with Gasteiger partial charge in [-0.2, -0.15) is 4.89 Å².